The van der Waals surface area contributed by atoms with Gasteiger partial charge in [0, 0.05) is 18.6 Å². The second kappa shape index (κ2) is 6.76. The van der Waals surface area contributed by atoms with Gasteiger partial charge < -0.3 is 15.6 Å². The van der Waals surface area contributed by atoms with Gasteiger partial charge in [0.2, 0.25) is 0 Å². The van der Waals surface area contributed by atoms with Crippen molar-refractivity contribution in [1.82, 2.24) is 0 Å². The van der Waals surface area contributed by atoms with Crippen molar-refractivity contribution in [2.24, 2.45) is 11.7 Å². The van der Waals surface area contributed by atoms with Crippen molar-refractivity contribution in [3.8, 4) is 5.75 Å². The summed E-state index contributed by atoms with van der Waals surface area (Å²) in [6.45, 7) is 4.89. The van der Waals surface area contributed by atoms with Crippen LogP contribution in [0.5, 0.6) is 5.75 Å². The van der Waals surface area contributed by atoms with Crippen LogP contribution in [-0.2, 0) is 5.41 Å². The quantitative estimate of drug-likeness (QED) is 0.782. The highest BCUT2D eigenvalue weighted by molar-refractivity contribution is 5.35. The fourth-order valence-corrected chi connectivity index (χ4v) is 2.65. The lowest BCUT2D eigenvalue weighted by atomic mass is 9.68. The molecule has 0 spiro atoms. The maximum Gasteiger partial charge on any atom is 0.119 e. The molecule has 0 heterocycles. The average Bonchev–Trinajstić information content (AvgIpc) is 2.44. The summed E-state index contributed by atoms with van der Waals surface area (Å²) in [6, 6.07) is 8.03. The predicted molar refractivity (Wildman–Crippen MR) is 74.9 cm³/mol. The van der Waals surface area contributed by atoms with Crippen LogP contribution in [0.1, 0.15) is 32.3 Å². The van der Waals surface area contributed by atoms with Crippen molar-refractivity contribution >= 4 is 0 Å². The van der Waals surface area contributed by atoms with Crippen LogP contribution in [0.4, 0.5) is 0 Å². The summed E-state index contributed by atoms with van der Waals surface area (Å²) in [5.41, 5.74) is 7.03. The van der Waals surface area contributed by atoms with Gasteiger partial charge in [0.1, 0.15) is 5.75 Å². The molecule has 1 aromatic carbocycles. The lowest BCUT2D eigenvalue weighted by Crippen LogP contribution is -2.42. The fraction of sp³-hybridized carbons (Fsp3) is 0.600. The highest BCUT2D eigenvalue weighted by atomic mass is 16.5. The van der Waals surface area contributed by atoms with Crippen molar-refractivity contribution in [2.75, 3.05) is 20.3 Å². The van der Waals surface area contributed by atoms with E-state index in [1.54, 1.807) is 7.11 Å². The zero-order valence-electron chi connectivity index (χ0n) is 11.6. The molecule has 0 saturated heterocycles. The summed E-state index contributed by atoms with van der Waals surface area (Å²) in [7, 11) is 1.67. The molecule has 3 nitrogen and oxygen atoms in total. The summed E-state index contributed by atoms with van der Waals surface area (Å²) in [4.78, 5) is 0. The van der Waals surface area contributed by atoms with E-state index in [0.717, 1.165) is 24.2 Å². The summed E-state index contributed by atoms with van der Waals surface area (Å²) in [5, 5.41) is 9.53. The number of hydrogen-bond acceptors (Lipinski definition) is 3. The Morgan fingerprint density at radius 1 is 1.44 bits per heavy atom. The normalized spacial score (nSPS) is 16.1. The van der Waals surface area contributed by atoms with Crippen molar-refractivity contribution in [1.29, 1.82) is 0 Å². The highest BCUT2D eigenvalue weighted by Crippen LogP contribution is 2.37. The molecule has 102 valence electrons. The Balaban J connectivity index is 3.22. The van der Waals surface area contributed by atoms with Gasteiger partial charge in [-0.25, -0.2) is 0 Å². The molecule has 0 aliphatic rings. The first-order chi connectivity index (χ1) is 8.64. The molecule has 0 fully saturated rings. The van der Waals surface area contributed by atoms with Gasteiger partial charge in [0.15, 0.2) is 0 Å². The van der Waals surface area contributed by atoms with Crippen molar-refractivity contribution in [2.45, 2.75) is 32.1 Å². The van der Waals surface area contributed by atoms with Gasteiger partial charge in [-0.15, -0.1) is 0 Å². The first kappa shape index (κ1) is 15.0. The van der Waals surface area contributed by atoms with Gasteiger partial charge in [0.05, 0.1) is 7.11 Å². The van der Waals surface area contributed by atoms with E-state index in [2.05, 4.69) is 19.9 Å². The van der Waals surface area contributed by atoms with Crippen LogP contribution in [0.25, 0.3) is 0 Å². The van der Waals surface area contributed by atoms with Gasteiger partial charge in [-0.1, -0.05) is 32.4 Å². The number of rotatable bonds is 7. The standard InChI is InChI=1S/C15H25NO2/c1-4-8-15(11-16,12(2)10-17)13-6-5-7-14(9-13)18-3/h5-7,9,12,17H,4,8,10-11,16H2,1-3H3/t12-,15+/m0/s1. The van der Waals surface area contributed by atoms with Crippen LogP contribution in [0.3, 0.4) is 0 Å². The highest BCUT2D eigenvalue weighted by Gasteiger charge is 2.35. The van der Waals surface area contributed by atoms with Gasteiger partial charge in [-0.2, -0.15) is 0 Å². The van der Waals surface area contributed by atoms with E-state index in [9.17, 15) is 5.11 Å². The maximum atomic E-state index is 9.53. The SMILES string of the molecule is CCC[C@](CN)(c1cccc(OC)c1)[C@@H](C)CO. The van der Waals surface area contributed by atoms with Crippen molar-refractivity contribution in [3.05, 3.63) is 29.8 Å². The lowest BCUT2D eigenvalue weighted by molar-refractivity contribution is 0.156. The van der Waals surface area contributed by atoms with E-state index in [-0.39, 0.29) is 17.9 Å². The third-order valence-electron chi connectivity index (χ3n) is 3.92. The van der Waals surface area contributed by atoms with E-state index in [1.165, 1.54) is 0 Å². The van der Waals surface area contributed by atoms with E-state index in [4.69, 9.17) is 10.5 Å². The molecule has 0 aliphatic carbocycles. The van der Waals surface area contributed by atoms with Gasteiger partial charge in [-0.3, -0.25) is 0 Å². The third kappa shape index (κ3) is 2.85. The summed E-state index contributed by atoms with van der Waals surface area (Å²) in [6.07, 6.45) is 2.01. The molecule has 0 saturated carbocycles. The summed E-state index contributed by atoms with van der Waals surface area (Å²) in [5.74, 6) is 0.973. The minimum Gasteiger partial charge on any atom is -0.497 e. The second-order valence-electron chi connectivity index (χ2n) is 4.93. The van der Waals surface area contributed by atoms with E-state index in [1.807, 2.05) is 18.2 Å². The van der Waals surface area contributed by atoms with Crippen molar-refractivity contribution < 1.29 is 9.84 Å². The van der Waals surface area contributed by atoms with Gasteiger partial charge in [0.25, 0.3) is 0 Å². The Labute approximate surface area is 110 Å². The third-order valence-corrected chi connectivity index (χ3v) is 3.92. The molecular formula is C15H25NO2. The first-order valence-electron chi connectivity index (χ1n) is 6.60. The minimum absolute atomic E-state index is 0.134. The molecule has 0 aromatic heterocycles. The Bertz CT molecular complexity index is 367. The average molecular weight is 251 g/mol. The Morgan fingerprint density at radius 3 is 2.67 bits per heavy atom. The molecule has 0 radical (unpaired) electrons. The zero-order chi connectivity index (χ0) is 13.6. The predicted octanol–water partition coefficient (Wildman–Crippen LogP) is 2.32. The number of hydrogen-bond donors (Lipinski definition) is 2. The minimum atomic E-state index is -0.169. The molecule has 0 unspecified atom stereocenters. The number of benzene rings is 1. The first-order valence-corrected chi connectivity index (χ1v) is 6.60. The molecule has 3 heteroatoms. The monoisotopic (exact) mass is 251 g/mol. The number of aliphatic hydroxyl groups excluding tert-OH is 1. The molecular weight excluding hydrogens is 226 g/mol. The van der Waals surface area contributed by atoms with E-state index < -0.39 is 0 Å². The Kier molecular flexibility index (Phi) is 5.63. The molecule has 18 heavy (non-hydrogen) atoms. The van der Waals surface area contributed by atoms with E-state index in [0.29, 0.717) is 6.54 Å². The smallest absolute Gasteiger partial charge is 0.119 e. The topological polar surface area (TPSA) is 55.5 Å². The Hall–Kier alpha value is -1.06. The van der Waals surface area contributed by atoms with Gasteiger partial charge in [-0.05, 0) is 30.0 Å². The van der Waals surface area contributed by atoms with Crippen LogP contribution < -0.4 is 10.5 Å². The zero-order valence-corrected chi connectivity index (χ0v) is 11.6. The van der Waals surface area contributed by atoms with Crippen LogP contribution in [0.15, 0.2) is 24.3 Å². The van der Waals surface area contributed by atoms with Gasteiger partial charge >= 0.3 is 0 Å². The lowest BCUT2D eigenvalue weighted by Gasteiger charge is -2.38. The molecule has 0 bridgehead atoms. The molecule has 0 aliphatic heterocycles. The largest absolute Gasteiger partial charge is 0.497 e. The van der Waals surface area contributed by atoms with Crippen LogP contribution in [0, 0.1) is 5.92 Å². The molecule has 2 atom stereocenters. The number of aliphatic hydroxyl groups is 1. The number of methoxy groups -OCH3 is 1. The van der Waals surface area contributed by atoms with Crippen LogP contribution >= 0.6 is 0 Å². The fourth-order valence-electron chi connectivity index (χ4n) is 2.65. The van der Waals surface area contributed by atoms with E-state index >= 15 is 0 Å². The molecule has 1 aromatic rings. The number of nitrogens with two attached hydrogens (primary N) is 1. The van der Waals surface area contributed by atoms with Crippen LogP contribution in [-0.4, -0.2) is 25.4 Å². The molecule has 1 rings (SSSR count). The Morgan fingerprint density at radius 2 is 2.17 bits per heavy atom. The van der Waals surface area contributed by atoms with Crippen LogP contribution in [0.2, 0.25) is 0 Å². The number of ether oxygens (including phenoxy) is 1. The molecule has 3 N–H and O–H groups in total. The van der Waals surface area contributed by atoms with Crippen molar-refractivity contribution in [3.63, 3.8) is 0 Å². The second-order valence-corrected chi connectivity index (χ2v) is 4.93. The maximum absolute atomic E-state index is 9.53. The molecule has 0 amide bonds. The summed E-state index contributed by atoms with van der Waals surface area (Å²) < 4.78 is 5.28. The summed E-state index contributed by atoms with van der Waals surface area (Å²) >= 11 is 0.